The number of aliphatic carboxylic acids is 1. The minimum atomic E-state index is -0.833. The SMILES string of the molecule is CC(=O)O.[Mn].[Mn]. The first-order chi connectivity index (χ1) is 1.73. The van der Waals surface area contributed by atoms with E-state index in [9.17, 15) is 0 Å². The first-order valence-electron chi connectivity index (χ1n) is 0.928. The summed E-state index contributed by atoms with van der Waals surface area (Å²) < 4.78 is 0. The molecule has 0 unspecified atom stereocenters. The Hall–Kier alpha value is 0.509. The van der Waals surface area contributed by atoms with Crippen molar-refractivity contribution in [2.75, 3.05) is 0 Å². The molecule has 1 N–H and O–H groups in total. The summed E-state index contributed by atoms with van der Waals surface area (Å²) in [6, 6.07) is 0. The van der Waals surface area contributed by atoms with Crippen LogP contribution in [-0.4, -0.2) is 11.1 Å². The minimum absolute atomic E-state index is 0. The van der Waals surface area contributed by atoms with Gasteiger partial charge in [0.1, 0.15) is 0 Å². The van der Waals surface area contributed by atoms with E-state index in [0.717, 1.165) is 6.92 Å². The standard InChI is InChI=1S/C2H4O2.2Mn/c1-2(3)4;;/h1H3,(H,3,4);;. The summed E-state index contributed by atoms with van der Waals surface area (Å²) >= 11 is 0. The number of carboxylic acids is 1. The van der Waals surface area contributed by atoms with Crippen LogP contribution in [0.4, 0.5) is 0 Å². The zero-order valence-electron chi connectivity index (χ0n) is 3.11. The quantitative estimate of drug-likeness (QED) is 0.523. The first kappa shape index (κ1) is 16.0. The van der Waals surface area contributed by atoms with Crippen LogP contribution in [0.25, 0.3) is 0 Å². The van der Waals surface area contributed by atoms with Gasteiger partial charge in [-0.15, -0.1) is 0 Å². The summed E-state index contributed by atoms with van der Waals surface area (Å²) in [7, 11) is 0. The van der Waals surface area contributed by atoms with Crippen molar-refractivity contribution in [3.8, 4) is 0 Å². The third-order valence-electron chi connectivity index (χ3n) is 0. The zero-order valence-corrected chi connectivity index (χ0v) is 5.47. The molecule has 0 aliphatic heterocycles. The van der Waals surface area contributed by atoms with Gasteiger partial charge < -0.3 is 5.11 Å². The van der Waals surface area contributed by atoms with Gasteiger partial charge in [-0.05, 0) is 0 Å². The Morgan fingerprint density at radius 2 is 1.50 bits per heavy atom. The Morgan fingerprint density at radius 3 is 1.50 bits per heavy atom. The van der Waals surface area contributed by atoms with Crippen molar-refractivity contribution in [1.29, 1.82) is 0 Å². The van der Waals surface area contributed by atoms with E-state index in [2.05, 4.69) is 0 Å². The van der Waals surface area contributed by atoms with Crippen molar-refractivity contribution in [3.63, 3.8) is 0 Å². The van der Waals surface area contributed by atoms with E-state index in [-0.39, 0.29) is 34.1 Å². The predicted molar refractivity (Wildman–Crippen MR) is 13.3 cm³/mol. The molecule has 38 valence electrons. The molecule has 0 aromatic heterocycles. The van der Waals surface area contributed by atoms with E-state index in [1.165, 1.54) is 0 Å². The van der Waals surface area contributed by atoms with Crippen molar-refractivity contribution in [2.45, 2.75) is 6.92 Å². The molecule has 0 saturated carbocycles. The second-order valence-electron chi connectivity index (χ2n) is 0.519. The Kier molecular flexibility index (Phi) is 24.3. The smallest absolute Gasteiger partial charge is 0.300 e. The second-order valence-corrected chi connectivity index (χ2v) is 0.519. The van der Waals surface area contributed by atoms with Gasteiger partial charge in [-0.3, -0.25) is 4.79 Å². The van der Waals surface area contributed by atoms with Gasteiger partial charge in [0, 0.05) is 41.1 Å². The van der Waals surface area contributed by atoms with E-state index in [0.29, 0.717) is 0 Å². The van der Waals surface area contributed by atoms with Crippen LogP contribution < -0.4 is 0 Å². The molecule has 2 radical (unpaired) electrons. The molecule has 0 amide bonds. The number of hydrogen-bond acceptors (Lipinski definition) is 1. The van der Waals surface area contributed by atoms with Crippen LogP contribution >= 0.6 is 0 Å². The summed E-state index contributed by atoms with van der Waals surface area (Å²) in [5.41, 5.74) is 0. The number of carboxylic acid groups (broad SMARTS) is 1. The molecule has 6 heavy (non-hydrogen) atoms. The molecule has 0 saturated heterocycles. The fraction of sp³-hybridized carbons (Fsp3) is 0.500. The van der Waals surface area contributed by atoms with Crippen LogP contribution in [0.2, 0.25) is 0 Å². The Bertz CT molecular complexity index is 32.5. The van der Waals surface area contributed by atoms with Crippen LogP contribution in [0, 0.1) is 0 Å². The predicted octanol–water partition coefficient (Wildman–Crippen LogP) is 0.0859. The minimum Gasteiger partial charge on any atom is -0.481 e. The molecule has 0 atom stereocenters. The molecular formula is C2H4Mn2O2. The van der Waals surface area contributed by atoms with Crippen molar-refractivity contribution in [1.82, 2.24) is 0 Å². The maximum Gasteiger partial charge on any atom is 0.300 e. The number of rotatable bonds is 0. The topological polar surface area (TPSA) is 37.3 Å². The maximum absolute atomic E-state index is 9.00. The van der Waals surface area contributed by atoms with Gasteiger partial charge in [-0.25, -0.2) is 0 Å². The van der Waals surface area contributed by atoms with Gasteiger partial charge in [0.15, 0.2) is 0 Å². The van der Waals surface area contributed by atoms with Crippen molar-refractivity contribution in [3.05, 3.63) is 0 Å². The fourth-order valence-electron chi connectivity index (χ4n) is 0. The molecule has 0 aromatic rings. The van der Waals surface area contributed by atoms with Gasteiger partial charge in [0.05, 0.1) is 0 Å². The monoisotopic (exact) mass is 170 g/mol. The van der Waals surface area contributed by atoms with Gasteiger partial charge >= 0.3 is 0 Å². The van der Waals surface area contributed by atoms with Gasteiger partial charge in [-0.1, -0.05) is 0 Å². The van der Waals surface area contributed by atoms with Gasteiger partial charge in [0.2, 0.25) is 0 Å². The van der Waals surface area contributed by atoms with E-state index >= 15 is 0 Å². The maximum atomic E-state index is 9.00. The normalized spacial score (nSPS) is 4.17. The van der Waals surface area contributed by atoms with Crippen molar-refractivity contribution >= 4 is 5.97 Å². The van der Waals surface area contributed by atoms with Gasteiger partial charge in [0.25, 0.3) is 5.97 Å². The number of hydrogen-bond donors (Lipinski definition) is 1. The molecule has 0 spiro atoms. The molecule has 4 heteroatoms. The Morgan fingerprint density at radius 1 is 1.50 bits per heavy atom. The average Bonchev–Trinajstić information content (AvgIpc) is 0.811. The molecule has 0 aromatic carbocycles. The van der Waals surface area contributed by atoms with Crippen LogP contribution in [0.3, 0.4) is 0 Å². The molecule has 0 fully saturated rings. The molecule has 0 aliphatic rings. The Balaban J connectivity index is -0.0000000450. The molecule has 2 nitrogen and oxygen atoms in total. The van der Waals surface area contributed by atoms with E-state index in [1.807, 2.05) is 0 Å². The van der Waals surface area contributed by atoms with Crippen molar-refractivity contribution in [2.24, 2.45) is 0 Å². The molecule has 0 bridgehead atoms. The van der Waals surface area contributed by atoms with Crippen LogP contribution in [0.1, 0.15) is 6.92 Å². The third-order valence-corrected chi connectivity index (χ3v) is 0. The average molecular weight is 170 g/mol. The second kappa shape index (κ2) is 9.10. The van der Waals surface area contributed by atoms with E-state index in [1.54, 1.807) is 0 Å². The zero-order chi connectivity index (χ0) is 3.58. The molecule has 0 heterocycles. The van der Waals surface area contributed by atoms with Crippen LogP contribution in [-0.2, 0) is 38.9 Å². The Labute approximate surface area is 57.3 Å². The van der Waals surface area contributed by atoms with Crippen LogP contribution in [0.5, 0.6) is 0 Å². The fourth-order valence-corrected chi connectivity index (χ4v) is 0. The largest absolute Gasteiger partial charge is 0.481 e. The molecule has 0 aliphatic carbocycles. The molecular weight excluding hydrogens is 166 g/mol. The van der Waals surface area contributed by atoms with Crippen LogP contribution in [0.15, 0.2) is 0 Å². The third kappa shape index (κ3) is 214. The van der Waals surface area contributed by atoms with E-state index in [4.69, 9.17) is 9.90 Å². The van der Waals surface area contributed by atoms with Crippen molar-refractivity contribution < 1.29 is 44.0 Å². The summed E-state index contributed by atoms with van der Waals surface area (Å²) in [5.74, 6) is -0.833. The number of carbonyl (C=O) groups is 1. The summed E-state index contributed by atoms with van der Waals surface area (Å²) in [4.78, 5) is 9.00. The summed E-state index contributed by atoms with van der Waals surface area (Å²) in [6.45, 7) is 1.08. The van der Waals surface area contributed by atoms with Gasteiger partial charge in [-0.2, -0.15) is 0 Å². The summed E-state index contributed by atoms with van der Waals surface area (Å²) in [5, 5.41) is 7.42. The summed E-state index contributed by atoms with van der Waals surface area (Å²) in [6.07, 6.45) is 0. The first-order valence-corrected chi connectivity index (χ1v) is 0.928. The molecule has 0 rings (SSSR count). The van der Waals surface area contributed by atoms with E-state index < -0.39 is 5.97 Å².